The lowest BCUT2D eigenvalue weighted by Gasteiger charge is -2.15. The fraction of sp³-hybridized carbons (Fsp3) is 0.300. The summed E-state index contributed by atoms with van der Waals surface area (Å²) in [6.07, 6.45) is 0.897. The molecule has 2 N–H and O–H groups in total. The zero-order valence-electron chi connectivity index (χ0n) is 15.0. The molecule has 3 rings (SSSR count). The number of anilines is 1. The normalized spacial score (nSPS) is 11.0. The Hall–Kier alpha value is -2.66. The van der Waals surface area contributed by atoms with Crippen LogP contribution in [-0.4, -0.2) is 45.1 Å². The van der Waals surface area contributed by atoms with E-state index in [0.29, 0.717) is 12.1 Å². The summed E-state index contributed by atoms with van der Waals surface area (Å²) >= 11 is 0. The van der Waals surface area contributed by atoms with E-state index in [0.717, 1.165) is 40.5 Å². The number of para-hydroxylation sites is 2. The number of carbonyl (C=O) groups excluding carboxylic acids is 1. The Labute approximate surface area is 148 Å². The second-order valence-electron chi connectivity index (χ2n) is 6.32. The van der Waals surface area contributed by atoms with Gasteiger partial charge in [-0.3, -0.25) is 4.79 Å². The van der Waals surface area contributed by atoms with Gasteiger partial charge in [0.25, 0.3) is 5.91 Å². The molecule has 0 aliphatic carbocycles. The monoisotopic (exact) mass is 336 g/mol. The van der Waals surface area contributed by atoms with Crippen LogP contribution in [0.2, 0.25) is 0 Å². The van der Waals surface area contributed by atoms with Crippen LogP contribution in [-0.2, 0) is 0 Å². The average molecular weight is 336 g/mol. The summed E-state index contributed by atoms with van der Waals surface area (Å²) in [5, 5.41) is 8.11. The molecule has 0 saturated heterocycles. The van der Waals surface area contributed by atoms with Crippen LogP contribution in [0.5, 0.6) is 0 Å². The van der Waals surface area contributed by atoms with Gasteiger partial charge in [-0.15, -0.1) is 0 Å². The largest absolute Gasteiger partial charge is 0.376 e. The molecule has 0 fully saturated rings. The van der Waals surface area contributed by atoms with Gasteiger partial charge in [0.15, 0.2) is 0 Å². The molecule has 0 bridgehead atoms. The first-order valence-corrected chi connectivity index (χ1v) is 8.54. The van der Waals surface area contributed by atoms with E-state index in [9.17, 15) is 4.79 Å². The number of hydrogen-bond acceptors (Lipinski definition) is 4. The second-order valence-corrected chi connectivity index (χ2v) is 6.32. The average Bonchev–Trinajstić information content (AvgIpc) is 2.62. The highest BCUT2D eigenvalue weighted by molar-refractivity contribution is 6.08. The minimum absolute atomic E-state index is 0.0733. The maximum atomic E-state index is 12.6. The first-order chi connectivity index (χ1) is 12.1. The highest BCUT2D eigenvalue weighted by Crippen LogP contribution is 2.28. The summed E-state index contributed by atoms with van der Waals surface area (Å²) in [7, 11) is 5.91. The molecule has 25 heavy (non-hydrogen) atoms. The van der Waals surface area contributed by atoms with Gasteiger partial charge in [-0.05, 0) is 38.2 Å². The van der Waals surface area contributed by atoms with Crippen molar-refractivity contribution < 1.29 is 4.79 Å². The SMILES string of the molecule is CNCCCNC(=O)c1cccc2cc3cccc(N(C)C)c3nc12. The third-order valence-electron chi connectivity index (χ3n) is 4.26. The van der Waals surface area contributed by atoms with Crippen molar-refractivity contribution in [2.45, 2.75) is 6.42 Å². The van der Waals surface area contributed by atoms with Crippen molar-refractivity contribution in [2.75, 3.05) is 39.1 Å². The van der Waals surface area contributed by atoms with E-state index in [1.807, 2.05) is 56.4 Å². The van der Waals surface area contributed by atoms with E-state index in [1.165, 1.54) is 0 Å². The first-order valence-electron chi connectivity index (χ1n) is 8.54. The Balaban J connectivity index is 2.04. The van der Waals surface area contributed by atoms with Gasteiger partial charge in [0, 0.05) is 31.4 Å². The molecule has 3 aromatic rings. The maximum absolute atomic E-state index is 12.6. The Morgan fingerprint density at radius 3 is 2.48 bits per heavy atom. The van der Waals surface area contributed by atoms with Gasteiger partial charge in [0.05, 0.1) is 22.3 Å². The predicted molar refractivity (Wildman–Crippen MR) is 104 cm³/mol. The van der Waals surface area contributed by atoms with E-state index in [1.54, 1.807) is 0 Å². The quantitative estimate of drug-likeness (QED) is 0.537. The molecule has 0 atom stereocenters. The summed E-state index contributed by atoms with van der Waals surface area (Å²) in [6, 6.07) is 14.0. The number of rotatable bonds is 6. The summed E-state index contributed by atoms with van der Waals surface area (Å²) in [4.78, 5) is 19.5. The number of hydrogen-bond donors (Lipinski definition) is 2. The van der Waals surface area contributed by atoms with Gasteiger partial charge in [-0.1, -0.05) is 24.3 Å². The van der Waals surface area contributed by atoms with Gasteiger partial charge in [-0.25, -0.2) is 4.98 Å². The minimum atomic E-state index is -0.0733. The number of benzene rings is 2. The number of nitrogens with one attached hydrogen (secondary N) is 2. The van der Waals surface area contributed by atoms with Crippen molar-refractivity contribution in [3.63, 3.8) is 0 Å². The standard InChI is InChI=1S/C20H24N4O/c1-21-11-6-12-22-20(25)16-9-4-7-14-13-15-8-5-10-17(24(2)3)19(15)23-18(14)16/h4-5,7-10,13,21H,6,11-12H2,1-3H3,(H,22,25). The summed E-state index contributed by atoms with van der Waals surface area (Å²) < 4.78 is 0. The van der Waals surface area contributed by atoms with Crippen LogP contribution in [0.3, 0.4) is 0 Å². The predicted octanol–water partition coefficient (Wildman–Crippen LogP) is 2.79. The number of pyridine rings is 1. The number of amides is 1. The number of carbonyl (C=O) groups is 1. The van der Waals surface area contributed by atoms with Gasteiger partial charge in [0.1, 0.15) is 0 Å². The molecule has 0 radical (unpaired) electrons. The molecule has 130 valence electrons. The van der Waals surface area contributed by atoms with E-state index in [4.69, 9.17) is 4.98 Å². The van der Waals surface area contributed by atoms with Crippen LogP contribution in [0.15, 0.2) is 42.5 Å². The van der Waals surface area contributed by atoms with Crippen molar-refractivity contribution in [1.82, 2.24) is 15.6 Å². The minimum Gasteiger partial charge on any atom is -0.376 e. The zero-order chi connectivity index (χ0) is 17.8. The molecule has 2 aromatic carbocycles. The van der Waals surface area contributed by atoms with E-state index >= 15 is 0 Å². The maximum Gasteiger partial charge on any atom is 0.253 e. The van der Waals surface area contributed by atoms with Crippen molar-refractivity contribution in [3.05, 3.63) is 48.0 Å². The van der Waals surface area contributed by atoms with Crippen molar-refractivity contribution in [2.24, 2.45) is 0 Å². The van der Waals surface area contributed by atoms with Crippen molar-refractivity contribution in [1.29, 1.82) is 0 Å². The topological polar surface area (TPSA) is 57.3 Å². The van der Waals surface area contributed by atoms with Crippen molar-refractivity contribution >= 4 is 33.4 Å². The Morgan fingerprint density at radius 2 is 1.76 bits per heavy atom. The lowest BCUT2D eigenvalue weighted by molar-refractivity contribution is 0.0955. The number of aromatic nitrogens is 1. The van der Waals surface area contributed by atoms with E-state index in [2.05, 4.69) is 22.8 Å². The third kappa shape index (κ3) is 3.56. The van der Waals surface area contributed by atoms with Crippen LogP contribution in [0, 0.1) is 0 Å². The Bertz CT molecular complexity index is 905. The molecule has 0 saturated carbocycles. The molecule has 1 heterocycles. The van der Waals surface area contributed by atoms with Gasteiger partial charge >= 0.3 is 0 Å². The summed E-state index contributed by atoms with van der Waals surface area (Å²) in [5.74, 6) is -0.0733. The highest BCUT2D eigenvalue weighted by atomic mass is 16.1. The fourth-order valence-electron chi connectivity index (χ4n) is 2.98. The molecule has 0 spiro atoms. The van der Waals surface area contributed by atoms with Gasteiger partial charge in [-0.2, -0.15) is 0 Å². The summed E-state index contributed by atoms with van der Waals surface area (Å²) in [5.41, 5.74) is 3.33. The highest BCUT2D eigenvalue weighted by Gasteiger charge is 2.13. The smallest absolute Gasteiger partial charge is 0.253 e. The van der Waals surface area contributed by atoms with E-state index in [-0.39, 0.29) is 5.91 Å². The fourth-order valence-corrected chi connectivity index (χ4v) is 2.98. The second kappa shape index (κ2) is 7.49. The molecule has 1 aromatic heterocycles. The van der Waals surface area contributed by atoms with Crippen LogP contribution in [0.4, 0.5) is 5.69 Å². The molecule has 0 unspecified atom stereocenters. The molecule has 0 aliphatic heterocycles. The van der Waals surface area contributed by atoms with Crippen LogP contribution in [0.1, 0.15) is 16.8 Å². The summed E-state index contributed by atoms with van der Waals surface area (Å²) in [6.45, 7) is 1.53. The van der Waals surface area contributed by atoms with Gasteiger partial charge in [0.2, 0.25) is 0 Å². The molecule has 5 heteroatoms. The Kier molecular flexibility index (Phi) is 5.14. The first kappa shape index (κ1) is 17.2. The van der Waals surface area contributed by atoms with Crippen LogP contribution < -0.4 is 15.5 Å². The molecular weight excluding hydrogens is 312 g/mol. The van der Waals surface area contributed by atoms with E-state index < -0.39 is 0 Å². The van der Waals surface area contributed by atoms with Gasteiger partial charge < -0.3 is 15.5 Å². The lowest BCUT2D eigenvalue weighted by Crippen LogP contribution is -2.26. The lowest BCUT2D eigenvalue weighted by atomic mass is 10.1. The molecule has 1 amide bonds. The van der Waals surface area contributed by atoms with Crippen molar-refractivity contribution in [3.8, 4) is 0 Å². The number of nitrogens with zero attached hydrogens (tertiary/aromatic N) is 2. The molecule has 0 aliphatic rings. The Morgan fingerprint density at radius 1 is 1.04 bits per heavy atom. The molecule has 5 nitrogen and oxygen atoms in total. The van der Waals surface area contributed by atoms with Crippen LogP contribution >= 0.6 is 0 Å². The zero-order valence-corrected chi connectivity index (χ0v) is 15.0. The number of fused-ring (bicyclic) bond motifs is 2. The van der Waals surface area contributed by atoms with Crippen LogP contribution in [0.25, 0.3) is 21.8 Å². The molecular formula is C20H24N4O. The third-order valence-corrected chi connectivity index (χ3v) is 4.26.